The fourth-order valence-corrected chi connectivity index (χ4v) is 4.29. The summed E-state index contributed by atoms with van der Waals surface area (Å²) in [5, 5.41) is 10.3. The molecular formula is C22H22FN3OS. The number of fused-ring (bicyclic) bond motifs is 1. The van der Waals surface area contributed by atoms with Gasteiger partial charge in [0.2, 0.25) is 0 Å². The van der Waals surface area contributed by atoms with Crippen molar-refractivity contribution in [2.75, 3.05) is 25.0 Å². The van der Waals surface area contributed by atoms with E-state index < -0.39 is 0 Å². The Morgan fingerprint density at radius 3 is 2.68 bits per heavy atom. The highest BCUT2D eigenvalue weighted by molar-refractivity contribution is 7.08. The monoisotopic (exact) mass is 395 g/mol. The smallest absolute Gasteiger partial charge is 0.252 e. The first-order chi connectivity index (χ1) is 13.6. The third kappa shape index (κ3) is 3.66. The molecule has 0 spiro atoms. The van der Waals surface area contributed by atoms with E-state index >= 15 is 0 Å². The molecule has 1 aliphatic rings. The van der Waals surface area contributed by atoms with Crippen LogP contribution in [-0.4, -0.2) is 32.1 Å². The topological polar surface area (TPSA) is 44.4 Å². The van der Waals surface area contributed by atoms with Gasteiger partial charge in [-0.15, -0.1) is 0 Å². The Kier molecular flexibility index (Phi) is 5.41. The standard InChI is InChI=1S/C22H22FN3OS/c1-26-16(13-25-22(27)15-10-11-28-14-15)12-24-21(17-6-2-4-8-19(17)23)18-7-3-5-9-20(18)26/h2-11,14,16,21,24H,12-13H2,1H3,(H,25,27). The second kappa shape index (κ2) is 8.12. The van der Waals surface area contributed by atoms with Crippen LogP contribution >= 0.6 is 11.3 Å². The summed E-state index contributed by atoms with van der Waals surface area (Å²) in [6.07, 6.45) is 0. The second-order valence-electron chi connectivity index (χ2n) is 6.91. The number of halogens is 1. The minimum atomic E-state index is -0.238. The van der Waals surface area contributed by atoms with Crippen molar-refractivity contribution >= 4 is 22.9 Å². The van der Waals surface area contributed by atoms with Crippen molar-refractivity contribution in [3.8, 4) is 0 Å². The van der Waals surface area contributed by atoms with E-state index in [1.165, 1.54) is 17.4 Å². The van der Waals surface area contributed by atoms with Crippen molar-refractivity contribution in [2.45, 2.75) is 12.1 Å². The number of anilines is 1. The molecule has 0 radical (unpaired) electrons. The first kappa shape index (κ1) is 18.7. The molecule has 0 bridgehead atoms. The minimum absolute atomic E-state index is 0.0421. The zero-order valence-electron chi connectivity index (χ0n) is 15.6. The van der Waals surface area contributed by atoms with Gasteiger partial charge in [-0.25, -0.2) is 4.39 Å². The number of carbonyl (C=O) groups is 1. The summed E-state index contributed by atoms with van der Waals surface area (Å²) in [7, 11) is 2.02. The van der Waals surface area contributed by atoms with Gasteiger partial charge >= 0.3 is 0 Å². The summed E-state index contributed by atoms with van der Waals surface area (Å²) in [5.74, 6) is -0.292. The van der Waals surface area contributed by atoms with E-state index in [1.807, 2.05) is 60.3 Å². The van der Waals surface area contributed by atoms with Crippen molar-refractivity contribution < 1.29 is 9.18 Å². The predicted molar refractivity (Wildman–Crippen MR) is 112 cm³/mol. The molecule has 144 valence electrons. The van der Waals surface area contributed by atoms with Gasteiger partial charge in [0.15, 0.2) is 0 Å². The zero-order chi connectivity index (χ0) is 19.5. The SMILES string of the molecule is CN1c2ccccc2C(c2ccccc2F)NCC1CNC(=O)c1ccsc1. The molecule has 0 saturated carbocycles. The molecule has 0 fully saturated rings. The summed E-state index contributed by atoms with van der Waals surface area (Å²) < 4.78 is 14.5. The molecule has 2 atom stereocenters. The number of hydrogen-bond acceptors (Lipinski definition) is 4. The highest BCUT2D eigenvalue weighted by Gasteiger charge is 2.29. The number of carbonyl (C=O) groups excluding carboxylic acids is 1. The molecule has 1 aliphatic heterocycles. The molecule has 1 aromatic heterocycles. The van der Waals surface area contributed by atoms with Gasteiger partial charge in [-0.2, -0.15) is 11.3 Å². The normalized spacial score (nSPS) is 19.0. The minimum Gasteiger partial charge on any atom is -0.368 e. The third-order valence-electron chi connectivity index (χ3n) is 5.23. The molecule has 4 nitrogen and oxygen atoms in total. The Morgan fingerprint density at radius 1 is 1.18 bits per heavy atom. The highest BCUT2D eigenvalue weighted by atomic mass is 32.1. The lowest BCUT2D eigenvalue weighted by Gasteiger charge is -2.29. The average Bonchev–Trinajstić information content (AvgIpc) is 3.22. The van der Waals surface area contributed by atoms with E-state index in [9.17, 15) is 9.18 Å². The molecule has 2 unspecified atom stereocenters. The van der Waals surface area contributed by atoms with Crippen molar-refractivity contribution in [1.29, 1.82) is 0 Å². The van der Waals surface area contributed by atoms with Crippen LogP contribution in [0, 0.1) is 5.82 Å². The summed E-state index contributed by atoms with van der Waals surface area (Å²) in [4.78, 5) is 14.5. The third-order valence-corrected chi connectivity index (χ3v) is 5.91. The summed E-state index contributed by atoms with van der Waals surface area (Å²) in [6, 6.07) is 16.5. The second-order valence-corrected chi connectivity index (χ2v) is 7.69. The number of amides is 1. The van der Waals surface area contributed by atoms with Gasteiger partial charge in [0.25, 0.3) is 5.91 Å². The predicted octanol–water partition coefficient (Wildman–Crippen LogP) is 3.81. The lowest BCUT2D eigenvalue weighted by atomic mass is 9.97. The van der Waals surface area contributed by atoms with Gasteiger partial charge in [-0.1, -0.05) is 36.4 Å². The number of thiophene rings is 1. The Balaban J connectivity index is 1.59. The van der Waals surface area contributed by atoms with Gasteiger partial charge < -0.3 is 15.5 Å². The van der Waals surface area contributed by atoms with Crippen molar-refractivity contribution in [3.63, 3.8) is 0 Å². The number of hydrogen-bond donors (Lipinski definition) is 2. The maximum atomic E-state index is 14.5. The molecule has 0 saturated heterocycles. The van der Waals surface area contributed by atoms with E-state index in [2.05, 4.69) is 15.5 Å². The number of rotatable bonds is 4. The Labute approximate surface area is 168 Å². The van der Waals surface area contributed by atoms with Crippen LogP contribution in [0.4, 0.5) is 10.1 Å². The fraction of sp³-hybridized carbons (Fsp3) is 0.227. The van der Waals surface area contributed by atoms with Gasteiger partial charge in [0.05, 0.1) is 12.1 Å². The van der Waals surface area contributed by atoms with Gasteiger partial charge in [-0.3, -0.25) is 4.79 Å². The molecule has 0 aliphatic carbocycles. The first-order valence-electron chi connectivity index (χ1n) is 9.25. The van der Waals surface area contributed by atoms with Crippen molar-refractivity contribution in [1.82, 2.24) is 10.6 Å². The summed E-state index contributed by atoms with van der Waals surface area (Å²) in [6.45, 7) is 1.12. The van der Waals surface area contributed by atoms with Crippen LogP contribution in [0.3, 0.4) is 0 Å². The molecule has 28 heavy (non-hydrogen) atoms. The number of nitrogens with zero attached hydrogens (tertiary/aromatic N) is 1. The molecule has 3 aromatic rings. The largest absolute Gasteiger partial charge is 0.368 e. The highest BCUT2D eigenvalue weighted by Crippen LogP contribution is 2.34. The molecule has 2 heterocycles. The quantitative estimate of drug-likeness (QED) is 0.706. The Hall–Kier alpha value is -2.70. The zero-order valence-corrected chi connectivity index (χ0v) is 16.4. The van der Waals surface area contributed by atoms with Crippen LogP contribution < -0.4 is 15.5 Å². The van der Waals surface area contributed by atoms with Crippen molar-refractivity contribution in [2.24, 2.45) is 0 Å². The number of likely N-dealkylation sites (N-methyl/N-ethyl adjacent to an activating group) is 1. The molecule has 1 amide bonds. The number of nitrogens with one attached hydrogen (secondary N) is 2. The maximum Gasteiger partial charge on any atom is 0.252 e. The van der Waals surface area contributed by atoms with Crippen LogP contribution in [0.5, 0.6) is 0 Å². The maximum absolute atomic E-state index is 14.5. The first-order valence-corrected chi connectivity index (χ1v) is 10.2. The molecule has 2 N–H and O–H groups in total. The molecule has 4 rings (SSSR count). The van der Waals surface area contributed by atoms with Crippen LogP contribution in [-0.2, 0) is 0 Å². The van der Waals surface area contributed by atoms with Crippen LogP contribution in [0.1, 0.15) is 27.5 Å². The van der Waals surface area contributed by atoms with Crippen molar-refractivity contribution in [3.05, 3.63) is 87.9 Å². The molecular weight excluding hydrogens is 373 g/mol. The Morgan fingerprint density at radius 2 is 1.93 bits per heavy atom. The number of benzene rings is 2. The van der Waals surface area contributed by atoms with E-state index in [0.717, 1.165) is 11.3 Å². The molecule has 2 aromatic carbocycles. The lowest BCUT2D eigenvalue weighted by molar-refractivity contribution is 0.0951. The van der Waals surface area contributed by atoms with Crippen LogP contribution in [0.2, 0.25) is 0 Å². The van der Waals surface area contributed by atoms with Gasteiger partial charge in [0, 0.05) is 42.3 Å². The van der Waals surface area contributed by atoms with E-state index in [4.69, 9.17) is 0 Å². The van der Waals surface area contributed by atoms with E-state index in [0.29, 0.717) is 24.2 Å². The Bertz CT molecular complexity index is 960. The van der Waals surface area contributed by atoms with E-state index in [1.54, 1.807) is 6.07 Å². The average molecular weight is 396 g/mol. The summed E-state index contributed by atoms with van der Waals surface area (Å²) in [5.41, 5.74) is 3.38. The van der Waals surface area contributed by atoms with E-state index in [-0.39, 0.29) is 23.8 Å². The summed E-state index contributed by atoms with van der Waals surface area (Å²) >= 11 is 1.50. The van der Waals surface area contributed by atoms with Gasteiger partial charge in [-0.05, 0) is 29.1 Å². The number of para-hydroxylation sites is 1. The van der Waals surface area contributed by atoms with Gasteiger partial charge in [0.1, 0.15) is 5.82 Å². The lowest BCUT2D eigenvalue weighted by Crippen LogP contribution is -2.46. The molecule has 6 heteroatoms. The fourth-order valence-electron chi connectivity index (χ4n) is 3.65. The van der Waals surface area contributed by atoms with Crippen LogP contribution in [0.15, 0.2) is 65.4 Å². The van der Waals surface area contributed by atoms with Crippen LogP contribution in [0.25, 0.3) is 0 Å².